The second-order valence-corrected chi connectivity index (χ2v) is 12.0. The number of fused-ring (bicyclic) bond motifs is 3. The maximum Gasteiger partial charge on any atom is 0.213 e. The van der Waals surface area contributed by atoms with Crippen LogP contribution in [0.4, 0.5) is 5.82 Å². The number of aromatic nitrogens is 4. The van der Waals surface area contributed by atoms with Crippen molar-refractivity contribution in [3.63, 3.8) is 0 Å². The summed E-state index contributed by atoms with van der Waals surface area (Å²) < 4.78 is 13.3. The molecule has 2 unspecified atom stereocenters. The van der Waals surface area contributed by atoms with Gasteiger partial charge in [0.15, 0.2) is 0 Å². The molecule has 3 saturated heterocycles. The van der Waals surface area contributed by atoms with Crippen molar-refractivity contribution in [1.29, 1.82) is 5.26 Å². The van der Waals surface area contributed by atoms with Gasteiger partial charge in [-0.2, -0.15) is 10.4 Å². The molecule has 2 bridgehead atoms. The fraction of sp³-hybridized carbons (Fsp3) is 0.419. The molecule has 41 heavy (non-hydrogen) atoms. The van der Waals surface area contributed by atoms with Crippen LogP contribution in [0.1, 0.15) is 44.2 Å². The Morgan fingerprint density at radius 1 is 1.07 bits per heavy atom. The molecule has 8 rings (SSSR count). The number of hydrogen-bond acceptors (Lipinski definition) is 9. The van der Waals surface area contributed by atoms with E-state index in [1.165, 1.54) is 12.0 Å². The van der Waals surface area contributed by atoms with Crippen molar-refractivity contribution in [3.8, 4) is 28.8 Å². The highest BCUT2D eigenvalue weighted by Gasteiger charge is 2.44. The minimum Gasteiger partial charge on any atom is -0.489 e. The molecule has 0 spiro atoms. The van der Waals surface area contributed by atoms with Crippen molar-refractivity contribution in [2.24, 2.45) is 0 Å². The van der Waals surface area contributed by atoms with Crippen molar-refractivity contribution < 1.29 is 14.6 Å². The van der Waals surface area contributed by atoms with Gasteiger partial charge in [0, 0.05) is 61.3 Å². The van der Waals surface area contributed by atoms with Gasteiger partial charge in [0.05, 0.1) is 29.1 Å². The van der Waals surface area contributed by atoms with E-state index in [1.807, 2.05) is 30.6 Å². The highest BCUT2D eigenvalue weighted by atomic mass is 16.5. The molecule has 0 radical (unpaired) electrons. The number of piperazine rings is 1. The number of rotatable bonds is 9. The Hall–Kier alpha value is -4.20. The van der Waals surface area contributed by atoms with E-state index in [2.05, 4.69) is 38.1 Å². The van der Waals surface area contributed by atoms with Gasteiger partial charge in [-0.1, -0.05) is 6.07 Å². The first-order valence-electron chi connectivity index (χ1n) is 14.2. The lowest BCUT2D eigenvalue weighted by molar-refractivity contribution is -0.00877. The third-order valence-electron chi connectivity index (χ3n) is 8.00. The van der Waals surface area contributed by atoms with Crippen molar-refractivity contribution in [2.45, 2.75) is 63.4 Å². The van der Waals surface area contributed by atoms with Crippen LogP contribution in [0.2, 0.25) is 0 Å². The van der Waals surface area contributed by atoms with E-state index in [1.54, 1.807) is 30.8 Å². The highest BCUT2D eigenvalue weighted by Crippen LogP contribution is 2.37. The minimum atomic E-state index is -0.975. The topological polar surface area (TPSA) is 112 Å². The summed E-state index contributed by atoms with van der Waals surface area (Å²) in [5, 5.41) is 24.1. The summed E-state index contributed by atoms with van der Waals surface area (Å²) >= 11 is 0. The minimum absolute atomic E-state index is 0.131. The fourth-order valence-corrected chi connectivity index (χ4v) is 5.74. The van der Waals surface area contributed by atoms with Crippen LogP contribution in [0.15, 0.2) is 55.1 Å². The maximum atomic E-state index is 10.1. The molecule has 4 aliphatic rings. The first-order valence-corrected chi connectivity index (χ1v) is 14.2. The lowest BCUT2D eigenvalue weighted by Gasteiger charge is -2.56. The number of piperidine rings is 1. The van der Waals surface area contributed by atoms with E-state index >= 15 is 0 Å². The van der Waals surface area contributed by atoms with E-state index in [0.29, 0.717) is 35.0 Å². The van der Waals surface area contributed by atoms with Crippen LogP contribution in [-0.4, -0.2) is 73.1 Å². The zero-order valence-electron chi connectivity index (χ0n) is 23.3. The Morgan fingerprint density at radius 2 is 1.90 bits per heavy atom. The Kier molecular flexibility index (Phi) is 6.29. The third-order valence-corrected chi connectivity index (χ3v) is 8.00. The summed E-state index contributed by atoms with van der Waals surface area (Å²) in [5.41, 5.74) is 3.10. The molecule has 1 aliphatic carbocycles. The second-order valence-electron chi connectivity index (χ2n) is 12.0. The Bertz CT molecular complexity index is 1590. The standard InChI is InChI=1S/C31H33N7O3/c1-31(2,39)19-40-26-10-27(30-22(11-32)14-35-38(30)18-26)21-4-7-28(33-13-21)36-16-23-9-24(17-36)37(23)15-20-3-8-29(34-12-20)41-25-5-6-25/h3-4,7-8,10,12-14,18,23-25,39H,5-6,9,15-17,19H2,1-2H3. The van der Waals surface area contributed by atoms with Crippen LogP contribution in [0.5, 0.6) is 11.6 Å². The summed E-state index contributed by atoms with van der Waals surface area (Å²) in [6, 6.07) is 13.3. The van der Waals surface area contributed by atoms with Crippen LogP contribution in [0.3, 0.4) is 0 Å². The van der Waals surface area contributed by atoms with Gasteiger partial charge >= 0.3 is 0 Å². The third kappa shape index (κ3) is 5.31. The molecule has 0 amide bonds. The quantitative estimate of drug-likeness (QED) is 0.332. The Labute approximate surface area is 238 Å². The van der Waals surface area contributed by atoms with Crippen molar-refractivity contribution in [1.82, 2.24) is 24.5 Å². The summed E-state index contributed by atoms with van der Waals surface area (Å²) in [6.45, 7) is 6.29. The molecule has 1 N–H and O–H groups in total. The van der Waals surface area contributed by atoms with Crippen LogP contribution in [0.25, 0.3) is 16.6 Å². The number of nitrogens with zero attached hydrogens (tertiary/aromatic N) is 7. The lowest BCUT2D eigenvalue weighted by atomic mass is 9.87. The summed E-state index contributed by atoms with van der Waals surface area (Å²) in [4.78, 5) is 14.3. The molecule has 3 aliphatic heterocycles. The number of anilines is 1. The predicted molar refractivity (Wildman–Crippen MR) is 153 cm³/mol. The van der Waals surface area contributed by atoms with E-state index in [0.717, 1.165) is 55.3 Å². The van der Waals surface area contributed by atoms with Crippen molar-refractivity contribution in [2.75, 3.05) is 24.6 Å². The number of ether oxygens (including phenoxy) is 2. The maximum absolute atomic E-state index is 10.1. The average Bonchev–Trinajstić information content (AvgIpc) is 3.70. The van der Waals surface area contributed by atoms with Crippen molar-refractivity contribution >= 4 is 11.3 Å². The summed E-state index contributed by atoms with van der Waals surface area (Å²) in [7, 11) is 0. The molecule has 2 atom stereocenters. The number of aliphatic hydroxyl groups is 1. The molecule has 1 saturated carbocycles. The van der Waals surface area contributed by atoms with Gasteiger partial charge in [0.2, 0.25) is 5.88 Å². The molecule has 4 aromatic heterocycles. The van der Waals surface area contributed by atoms with E-state index in [4.69, 9.17) is 14.5 Å². The van der Waals surface area contributed by atoms with Crippen LogP contribution >= 0.6 is 0 Å². The summed E-state index contributed by atoms with van der Waals surface area (Å²) in [6.07, 6.45) is 10.9. The smallest absolute Gasteiger partial charge is 0.213 e. The molecule has 210 valence electrons. The average molecular weight is 552 g/mol. The van der Waals surface area contributed by atoms with E-state index in [-0.39, 0.29) is 6.61 Å². The first kappa shape index (κ1) is 25.7. The second kappa shape index (κ2) is 10.0. The van der Waals surface area contributed by atoms with Gasteiger partial charge in [-0.05, 0) is 56.9 Å². The van der Waals surface area contributed by atoms with Gasteiger partial charge in [-0.15, -0.1) is 0 Å². The van der Waals surface area contributed by atoms with E-state index < -0.39 is 5.60 Å². The zero-order valence-corrected chi connectivity index (χ0v) is 23.3. The molecule has 10 nitrogen and oxygen atoms in total. The Morgan fingerprint density at radius 3 is 2.56 bits per heavy atom. The largest absolute Gasteiger partial charge is 0.489 e. The molecule has 4 fully saturated rings. The van der Waals surface area contributed by atoms with Gasteiger partial charge in [0.25, 0.3) is 0 Å². The van der Waals surface area contributed by atoms with Crippen LogP contribution in [-0.2, 0) is 6.54 Å². The molecule has 0 aromatic carbocycles. The number of pyridine rings is 3. The number of nitriles is 1. The molecule has 7 heterocycles. The monoisotopic (exact) mass is 551 g/mol. The van der Waals surface area contributed by atoms with Gasteiger partial charge < -0.3 is 19.5 Å². The molecule has 4 aromatic rings. The zero-order chi connectivity index (χ0) is 28.1. The summed E-state index contributed by atoms with van der Waals surface area (Å²) in [5.74, 6) is 2.24. The lowest BCUT2D eigenvalue weighted by Crippen LogP contribution is -2.68. The molecular weight excluding hydrogens is 518 g/mol. The highest BCUT2D eigenvalue weighted by molar-refractivity contribution is 5.85. The normalized spacial score (nSPS) is 20.5. The molecular formula is C31H33N7O3. The fourth-order valence-electron chi connectivity index (χ4n) is 5.74. The van der Waals surface area contributed by atoms with Crippen molar-refractivity contribution in [3.05, 3.63) is 66.2 Å². The molecule has 10 heteroatoms. The van der Waals surface area contributed by atoms with Gasteiger partial charge in [-0.3, -0.25) is 4.90 Å². The van der Waals surface area contributed by atoms with Gasteiger partial charge in [0.1, 0.15) is 30.3 Å². The SMILES string of the molecule is CC(C)(O)COc1cc(-c2ccc(N3CC4CC(C3)N4Cc3ccc(OC4CC4)nc3)nc2)c2c(C#N)cnn2c1. The number of hydrogen-bond donors (Lipinski definition) is 1. The van der Waals surface area contributed by atoms with Crippen LogP contribution < -0.4 is 14.4 Å². The Balaban J connectivity index is 1.05. The van der Waals surface area contributed by atoms with Gasteiger partial charge in [-0.25, -0.2) is 14.5 Å². The van der Waals surface area contributed by atoms with E-state index in [9.17, 15) is 10.4 Å². The van der Waals surface area contributed by atoms with Crippen LogP contribution in [0, 0.1) is 11.3 Å². The first-order chi connectivity index (χ1) is 19.8. The predicted octanol–water partition coefficient (Wildman–Crippen LogP) is 3.82.